The van der Waals surface area contributed by atoms with Gasteiger partial charge in [-0.3, -0.25) is 4.98 Å². The molecule has 2 heterocycles. The van der Waals surface area contributed by atoms with E-state index in [-0.39, 0.29) is 6.04 Å². The van der Waals surface area contributed by atoms with Gasteiger partial charge in [-0.15, -0.1) is 0 Å². The molecule has 0 aliphatic heterocycles. The predicted octanol–water partition coefficient (Wildman–Crippen LogP) is 2.99. The molecule has 0 saturated heterocycles. The maximum absolute atomic E-state index is 5.16. The lowest BCUT2D eigenvalue weighted by Crippen LogP contribution is -2.23. The number of aryl methyl sites for hydroxylation is 2. The van der Waals surface area contributed by atoms with Crippen LogP contribution in [0.15, 0.2) is 35.3 Å². The van der Waals surface area contributed by atoms with Crippen LogP contribution in [0, 0.1) is 13.8 Å². The van der Waals surface area contributed by atoms with Gasteiger partial charge >= 0.3 is 0 Å². The molecule has 17 heavy (non-hydrogen) atoms. The highest BCUT2D eigenvalue weighted by Crippen LogP contribution is 2.23. The van der Waals surface area contributed by atoms with Crippen molar-refractivity contribution >= 4 is 0 Å². The number of hydrogen-bond donors (Lipinski definition) is 1. The van der Waals surface area contributed by atoms with Crippen molar-refractivity contribution in [2.75, 3.05) is 6.54 Å². The fraction of sp³-hybridized carbons (Fsp3) is 0.357. The van der Waals surface area contributed by atoms with Crippen LogP contribution < -0.4 is 5.32 Å². The number of rotatable bonds is 4. The van der Waals surface area contributed by atoms with E-state index >= 15 is 0 Å². The summed E-state index contributed by atoms with van der Waals surface area (Å²) in [7, 11) is 0. The van der Waals surface area contributed by atoms with Crippen molar-refractivity contribution in [2.45, 2.75) is 26.8 Å². The second-order valence-electron chi connectivity index (χ2n) is 4.26. The second-order valence-corrected chi connectivity index (χ2v) is 4.26. The van der Waals surface area contributed by atoms with E-state index in [0.717, 1.165) is 17.8 Å². The van der Waals surface area contributed by atoms with Crippen molar-refractivity contribution in [3.05, 3.63) is 53.2 Å². The molecule has 0 bridgehead atoms. The molecule has 0 fully saturated rings. The summed E-state index contributed by atoms with van der Waals surface area (Å²) in [4.78, 5) is 4.55. The standard InChI is InChI=1S/C14H18N2O/c1-4-15-14(12-5-6-17-9-12)13-11(3)7-10(2)8-16-13/h5-9,14-15H,4H2,1-3H3. The van der Waals surface area contributed by atoms with Crippen molar-refractivity contribution in [3.63, 3.8) is 0 Å². The predicted molar refractivity (Wildman–Crippen MR) is 67.9 cm³/mol. The van der Waals surface area contributed by atoms with Crippen LogP contribution in [0.25, 0.3) is 0 Å². The minimum absolute atomic E-state index is 0.111. The lowest BCUT2D eigenvalue weighted by atomic mass is 10.0. The van der Waals surface area contributed by atoms with Gasteiger partial charge in [-0.1, -0.05) is 13.0 Å². The van der Waals surface area contributed by atoms with Gasteiger partial charge in [-0.05, 0) is 37.6 Å². The molecule has 1 N–H and O–H groups in total. The van der Waals surface area contributed by atoms with E-state index in [9.17, 15) is 0 Å². The Morgan fingerprint density at radius 2 is 2.24 bits per heavy atom. The van der Waals surface area contributed by atoms with E-state index in [2.05, 4.69) is 37.1 Å². The summed E-state index contributed by atoms with van der Waals surface area (Å²) in [6, 6.07) is 4.25. The van der Waals surface area contributed by atoms with Crippen LogP contribution in [0.5, 0.6) is 0 Å². The smallest absolute Gasteiger partial charge is 0.0954 e. The first-order valence-corrected chi connectivity index (χ1v) is 5.91. The zero-order valence-electron chi connectivity index (χ0n) is 10.5. The molecule has 0 saturated carbocycles. The molecule has 0 radical (unpaired) electrons. The highest BCUT2D eigenvalue weighted by atomic mass is 16.3. The fourth-order valence-corrected chi connectivity index (χ4v) is 2.04. The Kier molecular flexibility index (Phi) is 3.59. The van der Waals surface area contributed by atoms with Crippen molar-refractivity contribution in [3.8, 4) is 0 Å². The lowest BCUT2D eigenvalue weighted by molar-refractivity contribution is 0.550. The second kappa shape index (κ2) is 5.15. The molecule has 1 unspecified atom stereocenters. The first kappa shape index (κ1) is 11.9. The summed E-state index contributed by atoms with van der Waals surface area (Å²) in [6.07, 6.45) is 5.38. The average Bonchev–Trinajstić information content (AvgIpc) is 2.80. The van der Waals surface area contributed by atoms with Gasteiger partial charge in [0.2, 0.25) is 0 Å². The number of hydrogen-bond acceptors (Lipinski definition) is 3. The van der Waals surface area contributed by atoms with Crippen LogP contribution in [-0.4, -0.2) is 11.5 Å². The minimum atomic E-state index is 0.111. The van der Waals surface area contributed by atoms with Gasteiger partial charge < -0.3 is 9.73 Å². The van der Waals surface area contributed by atoms with Crippen molar-refractivity contribution < 1.29 is 4.42 Å². The van der Waals surface area contributed by atoms with Crippen LogP contribution in [-0.2, 0) is 0 Å². The number of aromatic nitrogens is 1. The van der Waals surface area contributed by atoms with Crippen LogP contribution >= 0.6 is 0 Å². The molecule has 2 aromatic heterocycles. The summed E-state index contributed by atoms with van der Waals surface area (Å²) in [5.74, 6) is 0. The van der Waals surface area contributed by atoms with Gasteiger partial charge in [0.15, 0.2) is 0 Å². The first-order valence-electron chi connectivity index (χ1n) is 5.91. The first-order chi connectivity index (χ1) is 8.22. The molecule has 3 nitrogen and oxygen atoms in total. The van der Waals surface area contributed by atoms with E-state index in [1.807, 2.05) is 12.3 Å². The van der Waals surface area contributed by atoms with Gasteiger partial charge in [0.1, 0.15) is 0 Å². The molecule has 3 heteroatoms. The fourth-order valence-electron chi connectivity index (χ4n) is 2.04. The largest absolute Gasteiger partial charge is 0.472 e. The molecular weight excluding hydrogens is 212 g/mol. The Labute approximate surface area is 102 Å². The van der Waals surface area contributed by atoms with Gasteiger partial charge in [0.05, 0.1) is 24.3 Å². The number of furan rings is 1. The molecule has 0 aliphatic rings. The third-order valence-electron chi connectivity index (χ3n) is 2.81. The topological polar surface area (TPSA) is 38.1 Å². The summed E-state index contributed by atoms with van der Waals surface area (Å²) in [6.45, 7) is 7.14. The van der Waals surface area contributed by atoms with Gasteiger partial charge in [-0.25, -0.2) is 0 Å². The third kappa shape index (κ3) is 2.56. The average molecular weight is 230 g/mol. The highest BCUT2D eigenvalue weighted by Gasteiger charge is 2.17. The van der Waals surface area contributed by atoms with Gasteiger partial charge in [-0.2, -0.15) is 0 Å². The molecule has 1 atom stereocenters. The van der Waals surface area contributed by atoms with Crippen molar-refractivity contribution in [1.29, 1.82) is 0 Å². The van der Waals surface area contributed by atoms with E-state index in [0.29, 0.717) is 0 Å². The third-order valence-corrected chi connectivity index (χ3v) is 2.81. The Bertz CT molecular complexity index is 477. The number of pyridine rings is 1. The van der Waals surface area contributed by atoms with Crippen molar-refractivity contribution in [1.82, 2.24) is 10.3 Å². The summed E-state index contributed by atoms with van der Waals surface area (Å²) in [5.41, 5.74) is 4.58. The van der Waals surface area contributed by atoms with Crippen LogP contribution in [0.1, 0.15) is 35.3 Å². The summed E-state index contributed by atoms with van der Waals surface area (Å²) >= 11 is 0. The molecule has 0 aromatic carbocycles. The minimum Gasteiger partial charge on any atom is -0.472 e. The Morgan fingerprint density at radius 3 is 2.82 bits per heavy atom. The highest BCUT2D eigenvalue weighted by molar-refractivity contribution is 5.32. The molecule has 2 aromatic rings. The number of nitrogens with zero attached hydrogens (tertiary/aromatic N) is 1. The quantitative estimate of drug-likeness (QED) is 0.877. The lowest BCUT2D eigenvalue weighted by Gasteiger charge is -2.18. The molecule has 0 aliphatic carbocycles. The SMILES string of the molecule is CCNC(c1ccoc1)c1ncc(C)cc1C. The molecule has 90 valence electrons. The molecule has 2 rings (SSSR count). The maximum Gasteiger partial charge on any atom is 0.0954 e. The summed E-state index contributed by atoms with van der Waals surface area (Å²) in [5, 5.41) is 3.44. The summed E-state index contributed by atoms with van der Waals surface area (Å²) < 4.78 is 5.16. The van der Waals surface area contributed by atoms with Crippen LogP contribution in [0.4, 0.5) is 0 Å². The molecule has 0 amide bonds. The molecular formula is C14H18N2O. The van der Waals surface area contributed by atoms with Gasteiger partial charge in [0.25, 0.3) is 0 Å². The Balaban J connectivity index is 2.39. The Hall–Kier alpha value is -1.61. The normalized spacial score (nSPS) is 12.6. The van der Waals surface area contributed by atoms with E-state index in [1.54, 1.807) is 12.5 Å². The van der Waals surface area contributed by atoms with E-state index in [1.165, 1.54) is 11.1 Å². The number of nitrogens with one attached hydrogen (secondary N) is 1. The zero-order valence-corrected chi connectivity index (χ0v) is 10.5. The van der Waals surface area contributed by atoms with Crippen LogP contribution in [0.2, 0.25) is 0 Å². The van der Waals surface area contributed by atoms with Crippen LogP contribution in [0.3, 0.4) is 0 Å². The zero-order chi connectivity index (χ0) is 12.3. The Morgan fingerprint density at radius 1 is 1.41 bits per heavy atom. The van der Waals surface area contributed by atoms with Gasteiger partial charge in [0, 0.05) is 11.8 Å². The van der Waals surface area contributed by atoms with Crippen molar-refractivity contribution in [2.24, 2.45) is 0 Å². The maximum atomic E-state index is 5.16. The monoisotopic (exact) mass is 230 g/mol. The molecule has 0 spiro atoms. The van der Waals surface area contributed by atoms with E-state index < -0.39 is 0 Å². The van der Waals surface area contributed by atoms with E-state index in [4.69, 9.17) is 4.42 Å².